The van der Waals surface area contributed by atoms with Crippen LogP contribution in [0.2, 0.25) is 0 Å². The first-order valence-electron chi connectivity index (χ1n) is 8.74. The lowest BCUT2D eigenvalue weighted by Crippen LogP contribution is -2.17. The molecule has 0 bridgehead atoms. The van der Waals surface area contributed by atoms with E-state index in [1.807, 2.05) is 0 Å². The maximum atomic E-state index is 13.8. The quantitative estimate of drug-likeness (QED) is 0.607. The summed E-state index contributed by atoms with van der Waals surface area (Å²) in [6.45, 7) is 1.60. The molecule has 0 aliphatic carbocycles. The molecule has 0 saturated heterocycles. The Bertz CT molecular complexity index is 1210. The van der Waals surface area contributed by atoms with Gasteiger partial charge in [-0.1, -0.05) is 18.2 Å². The van der Waals surface area contributed by atoms with Crippen LogP contribution in [0.4, 0.5) is 20.2 Å². The van der Waals surface area contributed by atoms with Crippen molar-refractivity contribution in [3.05, 3.63) is 83.4 Å². The van der Waals surface area contributed by atoms with Crippen molar-refractivity contribution >= 4 is 27.3 Å². The molecule has 2 N–H and O–H groups in total. The van der Waals surface area contributed by atoms with Gasteiger partial charge in [0, 0.05) is 11.8 Å². The Balaban J connectivity index is 1.90. The molecule has 0 unspecified atom stereocenters. The van der Waals surface area contributed by atoms with E-state index in [1.54, 1.807) is 31.2 Å². The second-order valence-corrected chi connectivity index (χ2v) is 8.02. The number of para-hydroxylation sites is 2. The molecule has 3 aromatic rings. The molecule has 0 aromatic heterocycles. The van der Waals surface area contributed by atoms with Crippen LogP contribution in [0.1, 0.15) is 15.9 Å². The monoisotopic (exact) mass is 432 g/mol. The highest BCUT2D eigenvalue weighted by Crippen LogP contribution is 2.28. The van der Waals surface area contributed by atoms with Gasteiger partial charge in [0.1, 0.15) is 17.4 Å². The number of hydrogen-bond acceptors (Lipinski definition) is 4. The van der Waals surface area contributed by atoms with Crippen LogP contribution in [0, 0.1) is 18.6 Å². The molecule has 0 fully saturated rings. The largest absolute Gasteiger partial charge is 0.495 e. The van der Waals surface area contributed by atoms with E-state index in [2.05, 4.69) is 10.0 Å². The molecule has 1 amide bonds. The molecular weight excluding hydrogens is 414 g/mol. The van der Waals surface area contributed by atoms with Crippen LogP contribution in [0.25, 0.3) is 0 Å². The van der Waals surface area contributed by atoms with Gasteiger partial charge in [-0.25, -0.2) is 17.2 Å². The van der Waals surface area contributed by atoms with Crippen LogP contribution in [0.15, 0.2) is 65.6 Å². The first kappa shape index (κ1) is 21.3. The molecule has 30 heavy (non-hydrogen) atoms. The van der Waals surface area contributed by atoms with Crippen molar-refractivity contribution in [2.24, 2.45) is 0 Å². The molecule has 0 spiro atoms. The Hall–Kier alpha value is -3.46. The molecule has 3 aromatic carbocycles. The number of carbonyl (C=O) groups excluding carboxylic acids is 1. The molecular formula is C21H18F2N2O4S. The van der Waals surface area contributed by atoms with Gasteiger partial charge in [-0.05, 0) is 48.9 Å². The van der Waals surface area contributed by atoms with Crippen molar-refractivity contribution in [2.45, 2.75) is 11.8 Å². The van der Waals surface area contributed by atoms with Crippen LogP contribution in [0.5, 0.6) is 5.75 Å². The number of halogens is 2. The van der Waals surface area contributed by atoms with E-state index >= 15 is 0 Å². The summed E-state index contributed by atoms with van der Waals surface area (Å²) in [6, 6.07) is 13.3. The van der Waals surface area contributed by atoms with Gasteiger partial charge in [-0.2, -0.15) is 0 Å². The van der Waals surface area contributed by atoms with E-state index in [-0.39, 0.29) is 21.8 Å². The third-order valence-corrected chi connectivity index (χ3v) is 5.77. The van der Waals surface area contributed by atoms with Crippen molar-refractivity contribution in [3.63, 3.8) is 0 Å². The van der Waals surface area contributed by atoms with E-state index in [9.17, 15) is 22.0 Å². The van der Waals surface area contributed by atoms with Crippen LogP contribution in [-0.4, -0.2) is 21.4 Å². The van der Waals surface area contributed by atoms with Crippen molar-refractivity contribution < 1.29 is 26.7 Å². The number of anilines is 2. The second-order valence-electron chi connectivity index (χ2n) is 6.36. The van der Waals surface area contributed by atoms with Gasteiger partial charge in [0.05, 0.1) is 23.3 Å². The van der Waals surface area contributed by atoms with Gasteiger partial charge in [-0.3, -0.25) is 9.52 Å². The third-order valence-electron chi connectivity index (χ3n) is 4.26. The van der Waals surface area contributed by atoms with E-state index in [4.69, 9.17) is 4.74 Å². The molecule has 0 aliphatic rings. The van der Waals surface area contributed by atoms with E-state index in [0.29, 0.717) is 17.4 Å². The molecule has 6 nitrogen and oxygen atoms in total. The summed E-state index contributed by atoms with van der Waals surface area (Å²) in [4.78, 5) is 12.2. The number of methoxy groups -OCH3 is 1. The fourth-order valence-corrected chi connectivity index (χ4v) is 4.11. The Morgan fingerprint density at radius 1 is 1.00 bits per heavy atom. The highest BCUT2D eigenvalue weighted by Gasteiger charge is 2.20. The smallest absolute Gasteiger partial charge is 0.262 e. The number of hydrogen-bond donors (Lipinski definition) is 2. The summed E-state index contributed by atoms with van der Waals surface area (Å²) >= 11 is 0. The highest BCUT2D eigenvalue weighted by atomic mass is 32.2. The molecule has 9 heteroatoms. The van der Waals surface area contributed by atoms with Crippen molar-refractivity contribution in [1.82, 2.24) is 0 Å². The number of aryl methyl sites for hydroxylation is 1. The van der Waals surface area contributed by atoms with E-state index < -0.39 is 27.6 Å². The van der Waals surface area contributed by atoms with Gasteiger partial charge >= 0.3 is 0 Å². The van der Waals surface area contributed by atoms with Gasteiger partial charge in [0.15, 0.2) is 0 Å². The Labute approximate surface area is 172 Å². The number of benzene rings is 3. The van der Waals surface area contributed by atoms with Crippen molar-refractivity contribution in [1.29, 1.82) is 0 Å². The first-order chi connectivity index (χ1) is 14.2. The van der Waals surface area contributed by atoms with Crippen LogP contribution < -0.4 is 14.8 Å². The van der Waals surface area contributed by atoms with Gasteiger partial charge < -0.3 is 10.1 Å². The zero-order chi connectivity index (χ0) is 21.9. The topological polar surface area (TPSA) is 84.5 Å². The Morgan fingerprint density at radius 3 is 2.43 bits per heavy atom. The van der Waals surface area contributed by atoms with Gasteiger partial charge in [-0.15, -0.1) is 0 Å². The summed E-state index contributed by atoms with van der Waals surface area (Å²) in [7, 11) is -2.60. The molecule has 0 heterocycles. The van der Waals surface area contributed by atoms with E-state index in [0.717, 1.165) is 12.1 Å². The minimum atomic E-state index is -4.02. The maximum Gasteiger partial charge on any atom is 0.262 e. The Morgan fingerprint density at radius 2 is 1.73 bits per heavy atom. The normalized spacial score (nSPS) is 11.1. The van der Waals surface area contributed by atoms with Gasteiger partial charge in [0.25, 0.3) is 15.9 Å². The summed E-state index contributed by atoms with van der Waals surface area (Å²) in [5, 5.41) is 2.43. The summed E-state index contributed by atoms with van der Waals surface area (Å²) < 4.78 is 60.3. The zero-order valence-electron chi connectivity index (χ0n) is 16.1. The summed E-state index contributed by atoms with van der Waals surface area (Å²) in [5.41, 5.74) is 0.453. The minimum Gasteiger partial charge on any atom is -0.495 e. The third kappa shape index (κ3) is 4.57. The highest BCUT2D eigenvalue weighted by molar-refractivity contribution is 7.92. The molecule has 0 aliphatic heterocycles. The molecule has 3 rings (SSSR count). The van der Waals surface area contributed by atoms with Crippen LogP contribution >= 0.6 is 0 Å². The van der Waals surface area contributed by atoms with Crippen molar-refractivity contribution in [2.75, 3.05) is 17.1 Å². The maximum absolute atomic E-state index is 13.8. The lowest BCUT2D eigenvalue weighted by molar-refractivity contribution is 0.102. The second kappa shape index (κ2) is 8.50. The Kier molecular flexibility index (Phi) is 6.02. The number of rotatable bonds is 6. The predicted molar refractivity (Wildman–Crippen MR) is 109 cm³/mol. The van der Waals surface area contributed by atoms with Crippen molar-refractivity contribution in [3.8, 4) is 5.75 Å². The molecule has 156 valence electrons. The zero-order valence-corrected chi connectivity index (χ0v) is 16.9. The number of nitrogens with one attached hydrogen (secondary N) is 2. The first-order valence-corrected chi connectivity index (χ1v) is 10.2. The van der Waals surface area contributed by atoms with Crippen LogP contribution in [-0.2, 0) is 10.0 Å². The fourth-order valence-electron chi connectivity index (χ4n) is 2.77. The average molecular weight is 432 g/mol. The number of carbonyl (C=O) groups is 1. The lowest BCUT2D eigenvalue weighted by atomic mass is 10.1. The summed E-state index contributed by atoms with van der Waals surface area (Å²) in [5.74, 6) is -2.33. The number of sulfonamides is 1. The molecule has 0 atom stereocenters. The SMILES string of the molecule is COc1ccccc1NS(=O)(=O)c1cc(NC(=O)c2ccc(F)cc2F)ccc1C. The van der Waals surface area contributed by atoms with Crippen LogP contribution in [0.3, 0.4) is 0 Å². The average Bonchev–Trinajstić information content (AvgIpc) is 2.69. The molecule has 0 saturated carbocycles. The summed E-state index contributed by atoms with van der Waals surface area (Å²) in [6.07, 6.45) is 0. The number of ether oxygens (including phenoxy) is 1. The van der Waals surface area contributed by atoms with Gasteiger partial charge in [0.2, 0.25) is 0 Å². The lowest BCUT2D eigenvalue weighted by Gasteiger charge is -2.14. The standard InChI is InChI=1S/C21H18F2N2O4S/c1-13-7-9-15(24-21(26)16-10-8-14(22)11-17(16)23)12-20(13)30(27,28)25-18-5-3-4-6-19(18)29-2/h3-12,25H,1-2H3,(H,24,26). The number of amides is 1. The molecule has 0 radical (unpaired) electrons. The minimum absolute atomic E-state index is 0.0780. The fraction of sp³-hybridized carbons (Fsp3) is 0.0952. The predicted octanol–water partition coefficient (Wildman–Crippen LogP) is 4.33. The van der Waals surface area contributed by atoms with E-state index in [1.165, 1.54) is 25.3 Å².